The Morgan fingerprint density at radius 1 is 1.00 bits per heavy atom. The van der Waals surface area contributed by atoms with Crippen molar-refractivity contribution in [2.45, 2.75) is 46.3 Å². The highest BCUT2D eigenvalue weighted by Crippen LogP contribution is 2.28. The molecule has 0 fully saturated rings. The largest absolute Gasteiger partial charge is 0.377 e. The molecule has 2 rings (SSSR count). The van der Waals surface area contributed by atoms with Crippen molar-refractivity contribution in [1.29, 1.82) is 0 Å². The van der Waals surface area contributed by atoms with Crippen molar-refractivity contribution in [2.75, 3.05) is 30.9 Å². The standard InChI is InChI=1S/C24H35N5O2/c1-7-25-23(30)27-21-13-14-22(28(5)6)20(15-21)16-29(24(31)26-17(2)3)18(4)19-11-9-8-10-12-19/h8-15,17-18H,7,16H2,1-6H3,(H,26,31)(H2,25,27,30)/t18-/m1/s1. The molecule has 0 saturated heterocycles. The number of amides is 4. The highest BCUT2D eigenvalue weighted by Gasteiger charge is 2.24. The van der Waals surface area contributed by atoms with Crippen LogP contribution in [-0.2, 0) is 6.54 Å². The molecule has 0 aliphatic heterocycles. The van der Waals surface area contributed by atoms with Crippen LogP contribution < -0.4 is 20.9 Å². The van der Waals surface area contributed by atoms with Crippen molar-refractivity contribution in [2.24, 2.45) is 0 Å². The summed E-state index contributed by atoms with van der Waals surface area (Å²) >= 11 is 0. The van der Waals surface area contributed by atoms with Gasteiger partial charge in [-0.15, -0.1) is 0 Å². The maximum atomic E-state index is 13.1. The quantitative estimate of drug-likeness (QED) is 0.580. The minimum atomic E-state index is -0.252. The Balaban J connectivity index is 2.40. The fourth-order valence-corrected chi connectivity index (χ4v) is 3.37. The van der Waals surface area contributed by atoms with Crippen molar-refractivity contribution >= 4 is 23.4 Å². The molecule has 3 N–H and O–H groups in total. The van der Waals surface area contributed by atoms with Crippen LogP contribution in [0.5, 0.6) is 0 Å². The highest BCUT2D eigenvalue weighted by atomic mass is 16.2. The van der Waals surface area contributed by atoms with Crippen molar-refractivity contribution in [3.63, 3.8) is 0 Å². The van der Waals surface area contributed by atoms with E-state index in [1.54, 1.807) is 0 Å². The van der Waals surface area contributed by atoms with Gasteiger partial charge in [0.2, 0.25) is 0 Å². The summed E-state index contributed by atoms with van der Waals surface area (Å²) in [5.74, 6) is 0. The second-order valence-electron chi connectivity index (χ2n) is 8.04. The third-order valence-corrected chi connectivity index (χ3v) is 4.92. The van der Waals surface area contributed by atoms with Crippen LogP contribution in [0.1, 0.15) is 44.9 Å². The van der Waals surface area contributed by atoms with Crippen LogP contribution >= 0.6 is 0 Å². The third kappa shape index (κ3) is 6.91. The second-order valence-corrected chi connectivity index (χ2v) is 8.04. The van der Waals surface area contributed by atoms with Gasteiger partial charge in [-0.1, -0.05) is 30.3 Å². The molecule has 0 bridgehead atoms. The molecule has 7 nitrogen and oxygen atoms in total. The van der Waals surface area contributed by atoms with Crippen molar-refractivity contribution in [3.8, 4) is 0 Å². The number of anilines is 2. The van der Waals surface area contributed by atoms with Gasteiger partial charge in [0.25, 0.3) is 0 Å². The van der Waals surface area contributed by atoms with Gasteiger partial charge in [-0.3, -0.25) is 0 Å². The molecule has 4 amide bonds. The van der Waals surface area contributed by atoms with E-state index in [-0.39, 0.29) is 24.1 Å². The molecular formula is C24H35N5O2. The molecular weight excluding hydrogens is 390 g/mol. The third-order valence-electron chi connectivity index (χ3n) is 4.92. The zero-order valence-corrected chi connectivity index (χ0v) is 19.4. The number of nitrogens with zero attached hydrogens (tertiary/aromatic N) is 2. The summed E-state index contributed by atoms with van der Waals surface area (Å²) in [6.45, 7) is 8.74. The molecule has 2 aromatic rings. The second kappa shape index (κ2) is 11.2. The average molecular weight is 426 g/mol. The number of nitrogens with one attached hydrogen (secondary N) is 3. The summed E-state index contributed by atoms with van der Waals surface area (Å²) in [5.41, 5.74) is 3.68. The Bertz CT molecular complexity index is 868. The van der Waals surface area contributed by atoms with Crippen LogP contribution in [-0.4, -0.2) is 43.6 Å². The lowest BCUT2D eigenvalue weighted by Gasteiger charge is -2.32. The van der Waals surface area contributed by atoms with Gasteiger partial charge < -0.3 is 25.8 Å². The summed E-state index contributed by atoms with van der Waals surface area (Å²) in [5, 5.41) is 8.61. The van der Waals surface area contributed by atoms with E-state index in [0.29, 0.717) is 18.8 Å². The number of carbonyl (C=O) groups is 2. The number of benzene rings is 2. The van der Waals surface area contributed by atoms with Gasteiger partial charge in [0.05, 0.1) is 12.6 Å². The number of hydrogen-bond donors (Lipinski definition) is 3. The van der Waals surface area contributed by atoms with E-state index in [1.807, 2.05) is 100 Å². The van der Waals surface area contributed by atoms with Crippen LogP contribution in [0.4, 0.5) is 21.0 Å². The van der Waals surface area contributed by atoms with E-state index in [4.69, 9.17) is 0 Å². The summed E-state index contributed by atoms with van der Waals surface area (Å²) < 4.78 is 0. The lowest BCUT2D eigenvalue weighted by atomic mass is 10.0. The predicted octanol–water partition coefficient (Wildman–Crippen LogP) is 4.58. The van der Waals surface area contributed by atoms with Crippen molar-refractivity contribution in [1.82, 2.24) is 15.5 Å². The van der Waals surface area contributed by atoms with E-state index < -0.39 is 0 Å². The lowest BCUT2D eigenvalue weighted by molar-refractivity contribution is 0.173. The van der Waals surface area contributed by atoms with Gasteiger partial charge in [-0.05, 0) is 57.0 Å². The molecule has 0 saturated carbocycles. The Hall–Kier alpha value is -3.22. The average Bonchev–Trinajstić information content (AvgIpc) is 2.71. The van der Waals surface area contributed by atoms with Crippen molar-refractivity contribution in [3.05, 3.63) is 59.7 Å². The van der Waals surface area contributed by atoms with Crippen molar-refractivity contribution < 1.29 is 9.59 Å². The number of urea groups is 2. The van der Waals surface area contributed by atoms with Crippen LogP contribution in [0.15, 0.2) is 48.5 Å². The Kier molecular flexibility index (Phi) is 8.73. The molecule has 0 aromatic heterocycles. The van der Waals surface area contributed by atoms with Crippen LogP contribution in [0, 0.1) is 0 Å². The Labute approximate surface area is 185 Å². The molecule has 1 atom stereocenters. The zero-order valence-electron chi connectivity index (χ0n) is 19.4. The van der Waals surface area contributed by atoms with Gasteiger partial charge >= 0.3 is 12.1 Å². The molecule has 0 aliphatic rings. The molecule has 2 aromatic carbocycles. The molecule has 31 heavy (non-hydrogen) atoms. The fraction of sp³-hybridized carbons (Fsp3) is 0.417. The van der Waals surface area contributed by atoms with Gasteiger partial charge in [-0.2, -0.15) is 0 Å². The summed E-state index contributed by atoms with van der Waals surface area (Å²) in [6, 6.07) is 15.3. The zero-order chi connectivity index (χ0) is 23.0. The number of hydrogen-bond acceptors (Lipinski definition) is 3. The first-order chi connectivity index (χ1) is 14.7. The molecule has 7 heteroatoms. The number of rotatable bonds is 8. The summed E-state index contributed by atoms with van der Waals surface area (Å²) in [4.78, 5) is 28.9. The number of carbonyl (C=O) groups excluding carboxylic acids is 2. The maximum Gasteiger partial charge on any atom is 0.319 e. The van der Waals surface area contributed by atoms with E-state index in [2.05, 4.69) is 16.0 Å². The fourth-order valence-electron chi connectivity index (χ4n) is 3.37. The first-order valence-corrected chi connectivity index (χ1v) is 10.7. The summed E-state index contributed by atoms with van der Waals surface area (Å²) in [7, 11) is 3.93. The molecule has 0 radical (unpaired) electrons. The SMILES string of the molecule is CCNC(=O)Nc1ccc(N(C)C)c(CN(C(=O)NC(C)C)[C@H](C)c2ccccc2)c1. The Morgan fingerprint density at radius 2 is 1.68 bits per heavy atom. The molecule has 0 heterocycles. The smallest absolute Gasteiger partial charge is 0.319 e. The molecule has 0 spiro atoms. The topological polar surface area (TPSA) is 76.7 Å². The van der Waals surface area contributed by atoms with Gasteiger partial charge in [0.1, 0.15) is 0 Å². The first kappa shape index (κ1) is 24.1. The van der Waals surface area contributed by atoms with Crippen LogP contribution in [0.25, 0.3) is 0 Å². The van der Waals surface area contributed by atoms with Crippen LogP contribution in [0.3, 0.4) is 0 Å². The maximum absolute atomic E-state index is 13.1. The van der Waals surface area contributed by atoms with E-state index in [0.717, 1.165) is 16.8 Å². The minimum Gasteiger partial charge on any atom is -0.377 e. The van der Waals surface area contributed by atoms with E-state index in [1.165, 1.54) is 0 Å². The van der Waals surface area contributed by atoms with Gasteiger partial charge in [0.15, 0.2) is 0 Å². The van der Waals surface area contributed by atoms with Gasteiger partial charge in [0, 0.05) is 38.1 Å². The Morgan fingerprint density at radius 3 is 2.26 bits per heavy atom. The van der Waals surface area contributed by atoms with Crippen LogP contribution in [0.2, 0.25) is 0 Å². The van der Waals surface area contributed by atoms with Gasteiger partial charge in [-0.25, -0.2) is 9.59 Å². The molecule has 0 unspecified atom stereocenters. The predicted molar refractivity (Wildman–Crippen MR) is 128 cm³/mol. The molecule has 0 aliphatic carbocycles. The summed E-state index contributed by atoms with van der Waals surface area (Å²) in [6.07, 6.45) is 0. The monoisotopic (exact) mass is 425 g/mol. The first-order valence-electron chi connectivity index (χ1n) is 10.7. The minimum absolute atomic E-state index is 0.0250. The normalized spacial score (nSPS) is 11.6. The highest BCUT2D eigenvalue weighted by molar-refractivity contribution is 5.89. The molecule has 168 valence electrons. The van der Waals surface area contributed by atoms with E-state index in [9.17, 15) is 9.59 Å². The lowest BCUT2D eigenvalue weighted by Crippen LogP contribution is -2.44. The van der Waals surface area contributed by atoms with E-state index >= 15 is 0 Å².